The number of nitrogens with one attached hydrogen (secondary N) is 1. The molecular weight excluding hydrogens is 534 g/mol. The van der Waals surface area contributed by atoms with Gasteiger partial charge in [-0.3, -0.25) is 24.6 Å². The lowest BCUT2D eigenvalue weighted by molar-refractivity contribution is -0.384. The minimum atomic E-state index is -3.00. The Labute approximate surface area is 225 Å². The number of rotatable bonds is 9. The molecule has 1 aliphatic rings. The zero-order chi connectivity index (χ0) is 27.9. The van der Waals surface area contributed by atoms with E-state index in [9.17, 15) is 28.5 Å². The number of hydrogen-bond donors (Lipinski definition) is 1. The van der Waals surface area contributed by atoms with E-state index in [1.807, 2.05) is 0 Å². The molecule has 0 radical (unpaired) electrons. The summed E-state index contributed by atoms with van der Waals surface area (Å²) in [5, 5.41) is 13.7. The molecule has 1 aliphatic heterocycles. The van der Waals surface area contributed by atoms with Crippen LogP contribution in [0.15, 0.2) is 83.5 Å². The molecular formula is C26H20F2N4O6S. The zero-order valence-electron chi connectivity index (χ0n) is 20.2. The third-order valence-electron chi connectivity index (χ3n) is 5.24. The van der Waals surface area contributed by atoms with Gasteiger partial charge in [0.2, 0.25) is 5.91 Å². The maximum atomic E-state index is 13.3. The molecule has 0 bridgehead atoms. The highest BCUT2D eigenvalue weighted by Crippen LogP contribution is 2.31. The second-order valence-corrected chi connectivity index (χ2v) is 8.80. The fourth-order valence-electron chi connectivity index (χ4n) is 3.48. The van der Waals surface area contributed by atoms with E-state index < -0.39 is 23.3 Å². The number of ether oxygens (including phenoxy) is 2. The number of amidine groups is 1. The summed E-state index contributed by atoms with van der Waals surface area (Å²) in [4.78, 5) is 42.0. The molecule has 0 unspecified atom stereocenters. The molecule has 39 heavy (non-hydrogen) atoms. The molecule has 1 heterocycles. The normalized spacial score (nSPS) is 13.9. The number of nitrogens with zero attached hydrogens (tertiary/aromatic N) is 3. The highest BCUT2D eigenvalue weighted by Gasteiger charge is 2.32. The Bertz CT molecular complexity index is 1450. The SMILES string of the molecule is COc1ccc(C=C2N=C(SCC(=O)Nc3cccc([N+](=O)[O-])c3)N(c3ccc(OC(F)F)cc3)C2=O)cc1. The first kappa shape index (κ1) is 27.3. The van der Waals surface area contributed by atoms with Crippen molar-refractivity contribution in [2.75, 3.05) is 23.1 Å². The van der Waals surface area contributed by atoms with Gasteiger partial charge >= 0.3 is 6.61 Å². The van der Waals surface area contributed by atoms with E-state index >= 15 is 0 Å². The maximum absolute atomic E-state index is 13.3. The van der Waals surface area contributed by atoms with Gasteiger partial charge in [0.1, 0.15) is 17.2 Å². The number of carbonyl (C=O) groups is 2. The molecule has 3 aromatic rings. The Balaban J connectivity index is 1.56. The highest BCUT2D eigenvalue weighted by atomic mass is 32.2. The van der Waals surface area contributed by atoms with E-state index in [1.165, 1.54) is 60.5 Å². The van der Waals surface area contributed by atoms with Crippen LogP contribution in [-0.2, 0) is 9.59 Å². The molecule has 4 rings (SSSR count). The molecule has 1 N–H and O–H groups in total. The molecule has 0 spiro atoms. The predicted molar refractivity (Wildman–Crippen MR) is 143 cm³/mol. The first-order valence-electron chi connectivity index (χ1n) is 11.2. The summed E-state index contributed by atoms with van der Waals surface area (Å²) in [5.41, 5.74) is 1.16. The summed E-state index contributed by atoms with van der Waals surface area (Å²) < 4.78 is 34.6. The molecule has 10 nitrogen and oxygen atoms in total. The van der Waals surface area contributed by atoms with E-state index in [0.717, 1.165) is 11.8 Å². The second kappa shape index (κ2) is 12.2. The summed E-state index contributed by atoms with van der Waals surface area (Å²) in [7, 11) is 1.53. The summed E-state index contributed by atoms with van der Waals surface area (Å²) in [5.74, 6) is -0.596. The monoisotopic (exact) mass is 554 g/mol. The number of thioether (sulfide) groups is 1. The lowest BCUT2D eigenvalue weighted by Crippen LogP contribution is -2.31. The molecule has 0 aliphatic carbocycles. The van der Waals surface area contributed by atoms with Crippen LogP contribution in [-0.4, -0.2) is 41.4 Å². The molecule has 0 fully saturated rings. The van der Waals surface area contributed by atoms with Crippen molar-refractivity contribution in [1.82, 2.24) is 0 Å². The molecule has 13 heteroatoms. The minimum Gasteiger partial charge on any atom is -0.497 e. The topological polar surface area (TPSA) is 123 Å². The number of hydrogen-bond acceptors (Lipinski definition) is 8. The summed E-state index contributed by atoms with van der Waals surface area (Å²) >= 11 is 0.961. The first-order chi connectivity index (χ1) is 18.7. The highest BCUT2D eigenvalue weighted by molar-refractivity contribution is 8.14. The van der Waals surface area contributed by atoms with Crippen LogP contribution >= 0.6 is 11.8 Å². The molecule has 0 aromatic heterocycles. The van der Waals surface area contributed by atoms with Gasteiger partial charge in [-0.2, -0.15) is 8.78 Å². The fraction of sp³-hybridized carbons (Fsp3) is 0.115. The number of amides is 2. The van der Waals surface area contributed by atoms with Crippen LogP contribution in [0.2, 0.25) is 0 Å². The van der Waals surface area contributed by atoms with Gasteiger partial charge in [-0.25, -0.2) is 4.99 Å². The van der Waals surface area contributed by atoms with E-state index in [1.54, 1.807) is 30.3 Å². The number of benzene rings is 3. The van der Waals surface area contributed by atoms with Crippen LogP contribution in [0.1, 0.15) is 5.56 Å². The third kappa shape index (κ3) is 6.96. The lowest BCUT2D eigenvalue weighted by atomic mass is 10.2. The van der Waals surface area contributed by atoms with E-state index in [4.69, 9.17) is 4.74 Å². The minimum absolute atomic E-state index is 0.0862. The van der Waals surface area contributed by atoms with Crippen molar-refractivity contribution in [2.45, 2.75) is 6.61 Å². The van der Waals surface area contributed by atoms with Crippen molar-refractivity contribution >= 4 is 51.9 Å². The smallest absolute Gasteiger partial charge is 0.387 e. The standard InChI is InChI=1S/C26H20F2N4O6S/c1-37-20-9-5-16(6-10-20)13-22-24(34)31(18-7-11-21(12-8-18)38-25(27)28)26(30-22)39-15-23(33)29-17-3-2-4-19(14-17)32(35)36/h2-14,25H,15H2,1H3,(H,29,33). The van der Waals surface area contributed by atoms with Crippen LogP contribution in [0.5, 0.6) is 11.5 Å². The maximum Gasteiger partial charge on any atom is 0.387 e. The Kier molecular flexibility index (Phi) is 8.51. The van der Waals surface area contributed by atoms with Gasteiger partial charge in [0.05, 0.1) is 23.5 Å². The lowest BCUT2D eigenvalue weighted by Gasteiger charge is -2.18. The van der Waals surface area contributed by atoms with Crippen molar-refractivity contribution in [2.24, 2.45) is 4.99 Å². The largest absolute Gasteiger partial charge is 0.497 e. The fourth-order valence-corrected chi connectivity index (χ4v) is 4.29. The quantitative estimate of drug-likeness (QED) is 0.216. The van der Waals surface area contributed by atoms with Crippen molar-refractivity contribution < 1.29 is 32.8 Å². The predicted octanol–water partition coefficient (Wildman–Crippen LogP) is 5.32. The van der Waals surface area contributed by atoms with Crippen LogP contribution in [0, 0.1) is 10.1 Å². The summed E-state index contributed by atoms with van der Waals surface area (Å²) in [6.07, 6.45) is 1.57. The van der Waals surface area contributed by atoms with Gasteiger partial charge < -0.3 is 14.8 Å². The summed E-state index contributed by atoms with van der Waals surface area (Å²) in [6, 6.07) is 17.8. The van der Waals surface area contributed by atoms with Crippen LogP contribution < -0.4 is 19.7 Å². The third-order valence-corrected chi connectivity index (χ3v) is 6.18. The Morgan fingerprint density at radius 3 is 2.46 bits per heavy atom. The average molecular weight is 555 g/mol. The van der Waals surface area contributed by atoms with E-state index in [0.29, 0.717) is 17.0 Å². The Morgan fingerprint density at radius 2 is 1.82 bits per heavy atom. The number of carbonyl (C=O) groups excluding carboxylic acids is 2. The zero-order valence-corrected chi connectivity index (χ0v) is 21.1. The molecule has 2 amide bonds. The van der Waals surface area contributed by atoms with Crippen molar-refractivity contribution in [3.8, 4) is 11.5 Å². The van der Waals surface area contributed by atoms with Gasteiger partial charge in [-0.05, 0) is 54.1 Å². The Morgan fingerprint density at radius 1 is 1.13 bits per heavy atom. The number of halogens is 2. The number of aliphatic imine (C=N–C) groups is 1. The summed E-state index contributed by atoms with van der Waals surface area (Å²) in [6.45, 7) is -3.00. The molecule has 0 atom stereocenters. The van der Waals surface area contributed by atoms with Gasteiger partial charge in [0, 0.05) is 17.8 Å². The first-order valence-corrected chi connectivity index (χ1v) is 12.2. The van der Waals surface area contributed by atoms with Crippen molar-refractivity contribution in [3.05, 3.63) is 94.2 Å². The van der Waals surface area contributed by atoms with Crippen molar-refractivity contribution in [1.29, 1.82) is 0 Å². The number of methoxy groups -OCH3 is 1. The van der Waals surface area contributed by atoms with E-state index in [-0.39, 0.29) is 33.7 Å². The average Bonchev–Trinajstić information content (AvgIpc) is 3.22. The number of anilines is 2. The van der Waals surface area contributed by atoms with Gasteiger partial charge in [0.25, 0.3) is 11.6 Å². The van der Waals surface area contributed by atoms with Crippen LogP contribution in [0.4, 0.5) is 25.8 Å². The second-order valence-electron chi connectivity index (χ2n) is 7.85. The van der Waals surface area contributed by atoms with Gasteiger partial charge in [-0.1, -0.05) is 30.0 Å². The van der Waals surface area contributed by atoms with Gasteiger partial charge in [-0.15, -0.1) is 0 Å². The molecule has 3 aromatic carbocycles. The molecule has 0 saturated carbocycles. The van der Waals surface area contributed by atoms with E-state index in [2.05, 4.69) is 15.0 Å². The number of nitro groups is 1. The van der Waals surface area contributed by atoms with Crippen molar-refractivity contribution in [3.63, 3.8) is 0 Å². The number of alkyl halides is 2. The van der Waals surface area contributed by atoms with Gasteiger partial charge in [0.15, 0.2) is 5.17 Å². The van der Waals surface area contributed by atoms with Crippen LogP contribution in [0.25, 0.3) is 6.08 Å². The number of nitro benzene ring substituents is 1. The number of non-ortho nitro benzene ring substituents is 1. The Hall–Kier alpha value is -4.78. The molecule has 200 valence electrons. The molecule has 0 saturated heterocycles. The van der Waals surface area contributed by atoms with Crippen LogP contribution in [0.3, 0.4) is 0 Å².